The average molecular weight is 355 g/mol. The smallest absolute Gasteiger partial charge is 0.318 e. The Kier molecular flexibility index (Phi) is 5.17. The molecule has 0 bridgehead atoms. The van der Waals surface area contributed by atoms with Crippen LogP contribution in [0.15, 0.2) is 30.3 Å². The standard InChI is InChI=1S/C14H11ClN2O7/c1-23-13-5-8(7-18)4-10(15)14(13)24-12-3-2-9(16(19)20)6-11(12)17(21)22/h2-6,18H,7H2,1H3. The topological polar surface area (TPSA) is 125 Å². The fourth-order valence-electron chi connectivity index (χ4n) is 1.92. The first-order valence-corrected chi connectivity index (χ1v) is 6.83. The van der Waals surface area contributed by atoms with E-state index >= 15 is 0 Å². The van der Waals surface area contributed by atoms with Crippen LogP contribution in [0, 0.1) is 20.2 Å². The molecule has 0 fully saturated rings. The Morgan fingerprint density at radius 1 is 1.12 bits per heavy atom. The molecule has 0 saturated heterocycles. The second-order valence-corrected chi connectivity index (χ2v) is 4.94. The number of aliphatic hydroxyl groups excluding tert-OH is 1. The number of methoxy groups -OCH3 is 1. The van der Waals surface area contributed by atoms with Crippen molar-refractivity contribution >= 4 is 23.0 Å². The van der Waals surface area contributed by atoms with Crippen molar-refractivity contribution < 1.29 is 24.4 Å². The molecule has 0 saturated carbocycles. The lowest BCUT2D eigenvalue weighted by molar-refractivity contribution is -0.394. The van der Waals surface area contributed by atoms with Gasteiger partial charge < -0.3 is 14.6 Å². The highest BCUT2D eigenvalue weighted by Crippen LogP contribution is 2.42. The fourth-order valence-corrected chi connectivity index (χ4v) is 2.19. The molecule has 24 heavy (non-hydrogen) atoms. The molecule has 0 aromatic heterocycles. The molecule has 0 aliphatic rings. The number of hydrogen-bond donors (Lipinski definition) is 1. The maximum atomic E-state index is 11.1. The molecular formula is C14H11ClN2O7. The van der Waals surface area contributed by atoms with Crippen LogP contribution >= 0.6 is 11.6 Å². The number of nitro benzene ring substituents is 2. The van der Waals surface area contributed by atoms with Crippen molar-refractivity contribution in [2.24, 2.45) is 0 Å². The van der Waals surface area contributed by atoms with Crippen molar-refractivity contribution in [1.29, 1.82) is 0 Å². The second kappa shape index (κ2) is 7.11. The van der Waals surface area contributed by atoms with Gasteiger partial charge in [0.2, 0.25) is 5.75 Å². The monoisotopic (exact) mass is 354 g/mol. The van der Waals surface area contributed by atoms with Crippen LogP contribution in [-0.2, 0) is 6.61 Å². The number of aliphatic hydroxyl groups is 1. The van der Waals surface area contributed by atoms with Gasteiger partial charge in [-0.1, -0.05) is 11.6 Å². The Bertz CT molecular complexity index is 810. The quantitative estimate of drug-likeness (QED) is 0.622. The summed E-state index contributed by atoms with van der Waals surface area (Å²) in [5, 5.41) is 31.1. The summed E-state index contributed by atoms with van der Waals surface area (Å²) >= 11 is 6.06. The van der Waals surface area contributed by atoms with Gasteiger partial charge in [-0.25, -0.2) is 0 Å². The Labute approximate surface area is 140 Å². The number of nitro groups is 2. The minimum atomic E-state index is -0.801. The molecular weight excluding hydrogens is 344 g/mol. The molecule has 0 aliphatic carbocycles. The van der Waals surface area contributed by atoms with Crippen LogP contribution in [-0.4, -0.2) is 22.1 Å². The van der Waals surface area contributed by atoms with E-state index in [2.05, 4.69) is 0 Å². The third-order valence-corrected chi connectivity index (χ3v) is 3.31. The minimum Gasteiger partial charge on any atom is -0.493 e. The highest BCUT2D eigenvalue weighted by molar-refractivity contribution is 6.32. The number of benzene rings is 2. The van der Waals surface area contributed by atoms with Crippen LogP contribution in [0.3, 0.4) is 0 Å². The van der Waals surface area contributed by atoms with E-state index in [1.165, 1.54) is 19.2 Å². The van der Waals surface area contributed by atoms with Crippen molar-refractivity contribution in [2.45, 2.75) is 6.61 Å². The normalized spacial score (nSPS) is 10.3. The van der Waals surface area contributed by atoms with Crippen molar-refractivity contribution in [1.82, 2.24) is 0 Å². The summed E-state index contributed by atoms with van der Waals surface area (Å²) in [6, 6.07) is 5.84. The summed E-state index contributed by atoms with van der Waals surface area (Å²) in [6.07, 6.45) is 0. The van der Waals surface area contributed by atoms with Gasteiger partial charge in [0.15, 0.2) is 11.5 Å². The van der Waals surface area contributed by atoms with Crippen LogP contribution in [0.5, 0.6) is 17.2 Å². The number of non-ortho nitro benzene ring substituents is 1. The Morgan fingerprint density at radius 2 is 1.83 bits per heavy atom. The molecule has 0 amide bonds. The molecule has 2 rings (SSSR count). The van der Waals surface area contributed by atoms with Gasteiger partial charge in [0.25, 0.3) is 5.69 Å². The molecule has 2 aromatic carbocycles. The second-order valence-electron chi connectivity index (χ2n) is 4.54. The lowest BCUT2D eigenvalue weighted by Gasteiger charge is -2.13. The first-order valence-electron chi connectivity index (χ1n) is 6.45. The Balaban J connectivity index is 2.52. The summed E-state index contributed by atoms with van der Waals surface area (Å²) in [5.41, 5.74) is -0.571. The maximum Gasteiger partial charge on any atom is 0.318 e. The van der Waals surface area contributed by atoms with E-state index in [0.717, 1.165) is 18.2 Å². The molecule has 0 radical (unpaired) electrons. The zero-order valence-electron chi connectivity index (χ0n) is 12.3. The number of halogens is 1. The Hall–Kier alpha value is -2.91. The number of hydrogen-bond acceptors (Lipinski definition) is 7. The molecule has 0 unspecified atom stereocenters. The van der Waals surface area contributed by atoms with Gasteiger partial charge in [-0.3, -0.25) is 20.2 Å². The molecule has 126 valence electrons. The largest absolute Gasteiger partial charge is 0.493 e. The molecule has 0 spiro atoms. The van der Waals surface area contributed by atoms with Gasteiger partial charge >= 0.3 is 5.69 Å². The van der Waals surface area contributed by atoms with Crippen LogP contribution < -0.4 is 9.47 Å². The van der Waals surface area contributed by atoms with Crippen molar-refractivity contribution in [3.05, 3.63) is 61.1 Å². The van der Waals surface area contributed by atoms with E-state index in [1.807, 2.05) is 0 Å². The van der Waals surface area contributed by atoms with E-state index in [9.17, 15) is 20.2 Å². The van der Waals surface area contributed by atoms with E-state index in [4.69, 9.17) is 26.2 Å². The van der Waals surface area contributed by atoms with E-state index in [1.54, 1.807) is 0 Å². The molecule has 0 heterocycles. The molecule has 0 aliphatic heterocycles. The zero-order chi connectivity index (χ0) is 17.9. The first kappa shape index (κ1) is 17.4. The zero-order valence-corrected chi connectivity index (χ0v) is 13.0. The van der Waals surface area contributed by atoms with Crippen molar-refractivity contribution in [3.63, 3.8) is 0 Å². The summed E-state index contributed by atoms with van der Waals surface area (Å²) in [7, 11) is 1.34. The molecule has 10 heteroatoms. The van der Waals surface area contributed by atoms with E-state index < -0.39 is 21.2 Å². The predicted molar refractivity (Wildman–Crippen MR) is 83.8 cm³/mol. The van der Waals surface area contributed by atoms with Gasteiger partial charge in [0.1, 0.15) is 0 Å². The molecule has 0 atom stereocenters. The van der Waals surface area contributed by atoms with Gasteiger partial charge in [0, 0.05) is 6.07 Å². The summed E-state index contributed by atoms with van der Waals surface area (Å²) < 4.78 is 10.6. The predicted octanol–water partition coefficient (Wildman–Crippen LogP) is 3.45. The van der Waals surface area contributed by atoms with Crippen LogP contribution in [0.2, 0.25) is 5.02 Å². The highest BCUT2D eigenvalue weighted by atomic mass is 35.5. The third kappa shape index (κ3) is 3.53. The number of nitrogens with zero attached hydrogens (tertiary/aromatic N) is 2. The summed E-state index contributed by atoms with van der Waals surface area (Å²) in [4.78, 5) is 20.3. The van der Waals surface area contributed by atoms with Crippen molar-refractivity contribution in [3.8, 4) is 17.2 Å². The van der Waals surface area contributed by atoms with Gasteiger partial charge in [-0.15, -0.1) is 0 Å². The lowest BCUT2D eigenvalue weighted by Crippen LogP contribution is -1.98. The molecule has 1 N–H and O–H groups in total. The van der Waals surface area contributed by atoms with Crippen LogP contribution in [0.1, 0.15) is 5.56 Å². The number of rotatable bonds is 6. The van der Waals surface area contributed by atoms with Crippen molar-refractivity contribution in [2.75, 3.05) is 7.11 Å². The van der Waals surface area contributed by atoms with Crippen LogP contribution in [0.4, 0.5) is 11.4 Å². The first-order chi connectivity index (χ1) is 11.4. The molecule has 2 aromatic rings. The molecule has 9 nitrogen and oxygen atoms in total. The highest BCUT2D eigenvalue weighted by Gasteiger charge is 2.23. The minimum absolute atomic E-state index is 0.00619. The Morgan fingerprint density at radius 3 is 2.38 bits per heavy atom. The van der Waals surface area contributed by atoms with E-state index in [-0.39, 0.29) is 28.9 Å². The summed E-state index contributed by atoms with van der Waals surface area (Å²) in [5.74, 6) is -0.0879. The fraction of sp³-hybridized carbons (Fsp3) is 0.143. The van der Waals surface area contributed by atoms with E-state index in [0.29, 0.717) is 5.56 Å². The lowest BCUT2D eigenvalue weighted by atomic mass is 10.2. The SMILES string of the molecule is COc1cc(CO)cc(Cl)c1Oc1ccc([N+](=O)[O-])cc1[N+](=O)[O-]. The maximum absolute atomic E-state index is 11.1. The van der Waals surface area contributed by atoms with Gasteiger partial charge in [-0.05, 0) is 23.8 Å². The number of ether oxygens (including phenoxy) is 2. The van der Waals surface area contributed by atoms with Gasteiger partial charge in [-0.2, -0.15) is 0 Å². The third-order valence-electron chi connectivity index (χ3n) is 3.03. The average Bonchev–Trinajstić information content (AvgIpc) is 2.56. The van der Waals surface area contributed by atoms with Crippen LogP contribution in [0.25, 0.3) is 0 Å². The summed E-state index contributed by atoms with van der Waals surface area (Å²) in [6.45, 7) is -0.284. The van der Waals surface area contributed by atoms with Gasteiger partial charge in [0.05, 0.1) is 34.7 Å².